The second-order valence-electron chi connectivity index (χ2n) is 7.23. The highest BCUT2D eigenvalue weighted by atomic mass is 15.3. The van der Waals surface area contributed by atoms with Crippen LogP contribution >= 0.6 is 0 Å². The van der Waals surface area contributed by atoms with Gasteiger partial charge in [-0.3, -0.25) is 10.4 Å². The molecule has 6 heteroatoms. The van der Waals surface area contributed by atoms with Crippen molar-refractivity contribution in [2.24, 2.45) is 21.6 Å². The van der Waals surface area contributed by atoms with Crippen molar-refractivity contribution in [3.63, 3.8) is 0 Å². The largest absolute Gasteiger partial charge is 0.383 e. The normalized spacial score (nSPS) is 12.2. The Morgan fingerprint density at radius 2 is 1.68 bits per heavy atom. The van der Waals surface area contributed by atoms with Gasteiger partial charge in [0.05, 0.1) is 6.54 Å². The maximum absolute atomic E-state index is 6.20. The van der Waals surface area contributed by atoms with Gasteiger partial charge in [-0.25, -0.2) is 10.8 Å². The van der Waals surface area contributed by atoms with Crippen molar-refractivity contribution in [3.8, 4) is 11.1 Å². The number of hydrogen-bond donors (Lipinski definition) is 3. The Morgan fingerprint density at radius 3 is 2.42 bits per heavy atom. The number of amidine groups is 1. The zero-order valence-corrected chi connectivity index (χ0v) is 17.3. The lowest BCUT2D eigenvalue weighted by molar-refractivity contribution is 0.958. The average Bonchev–Trinajstić information content (AvgIpc) is 2.81. The number of aryl methyl sites for hydroxylation is 1. The highest BCUT2D eigenvalue weighted by Gasteiger charge is 2.04. The van der Waals surface area contributed by atoms with Gasteiger partial charge in [0.25, 0.3) is 0 Å². The predicted octanol–water partition coefficient (Wildman–Crippen LogP) is 3.94. The fourth-order valence-electron chi connectivity index (χ4n) is 3.33. The van der Waals surface area contributed by atoms with Gasteiger partial charge in [-0.05, 0) is 52.6 Å². The standard InChI is InChI=1S/C25H24N6/c1-17-14-22(12-13-28-17)20-8-6-18(7-9-20)16-29-25(31-27)30-24(26)23-11-10-19-4-2-3-5-21(19)15-23/h2-15H,16,27H2,1H3,(H3,26,29,30,31). The van der Waals surface area contributed by atoms with Crippen LogP contribution < -0.4 is 17.0 Å². The van der Waals surface area contributed by atoms with E-state index in [1.807, 2.05) is 67.7 Å². The summed E-state index contributed by atoms with van der Waals surface area (Å²) in [6.45, 7) is 2.42. The Balaban J connectivity index is 1.50. The highest BCUT2D eigenvalue weighted by Crippen LogP contribution is 2.20. The van der Waals surface area contributed by atoms with E-state index in [2.05, 4.69) is 44.7 Å². The quantitative estimate of drug-likeness (QED) is 0.206. The van der Waals surface area contributed by atoms with Gasteiger partial charge in [0.2, 0.25) is 5.96 Å². The number of hydrazine groups is 1. The number of nitrogens with one attached hydrogen (secondary N) is 1. The topological polar surface area (TPSA) is 102 Å². The van der Waals surface area contributed by atoms with Crippen molar-refractivity contribution in [2.75, 3.05) is 0 Å². The van der Waals surface area contributed by atoms with Gasteiger partial charge in [0.15, 0.2) is 0 Å². The van der Waals surface area contributed by atoms with Crippen LogP contribution in [0, 0.1) is 6.92 Å². The molecule has 0 saturated heterocycles. The van der Waals surface area contributed by atoms with Crippen LogP contribution in [-0.4, -0.2) is 16.8 Å². The predicted molar refractivity (Wildman–Crippen MR) is 128 cm³/mol. The third-order valence-corrected chi connectivity index (χ3v) is 5.00. The molecule has 1 aromatic heterocycles. The van der Waals surface area contributed by atoms with Crippen LogP contribution in [0.5, 0.6) is 0 Å². The summed E-state index contributed by atoms with van der Waals surface area (Å²) in [5.41, 5.74) is 13.9. The van der Waals surface area contributed by atoms with Crippen LogP contribution in [-0.2, 0) is 6.54 Å². The van der Waals surface area contributed by atoms with E-state index in [0.717, 1.165) is 38.7 Å². The zero-order valence-electron chi connectivity index (χ0n) is 17.3. The van der Waals surface area contributed by atoms with Crippen LogP contribution in [0.25, 0.3) is 21.9 Å². The van der Waals surface area contributed by atoms with E-state index < -0.39 is 0 Å². The van der Waals surface area contributed by atoms with Gasteiger partial charge in [0, 0.05) is 17.5 Å². The Bertz CT molecular complexity index is 1260. The number of rotatable bonds is 4. The molecule has 31 heavy (non-hydrogen) atoms. The number of aliphatic imine (C=N–C) groups is 2. The van der Waals surface area contributed by atoms with Crippen molar-refractivity contribution < 1.29 is 0 Å². The van der Waals surface area contributed by atoms with Gasteiger partial charge in [-0.15, -0.1) is 0 Å². The number of aromatic nitrogens is 1. The minimum atomic E-state index is 0.277. The summed E-state index contributed by atoms with van der Waals surface area (Å²) in [6.07, 6.45) is 1.82. The highest BCUT2D eigenvalue weighted by molar-refractivity contribution is 6.06. The van der Waals surface area contributed by atoms with Crippen LogP contribution in [0.3, 0.4) is 0 Å². The van der Waals surface area contributed by atoms with Crippen molar-refractivity contribution >= 4 is 22.6 Å². The average molecular weight is 409 g/mol. The number of benzene rings is 3. The summed E-state index contributed by atoms with van der Waals surface area (Å²) in [5.74, 6) is 6.25. The molecule has 3 aromatic carbocycles. The van der Waals surface area contributed by atoms with Crippen LogP contribution in [0.15, 0.2) is 95.0 Å². The minimum absolute atomic E-state index is 0.277. The second-order valence-corrected chi connectivity index (χ2v) is 7.23. The Kier molecular flexibility index (Phi) is 6.01. The number of nitrogens with two attached hydrogens (primary N) is 2. The molecule has 4 rings (SSSR count). The molecule has 154 valence electrons. The fraction of sp³-hybridized carbons (Fsp3) is 0.0800. The lowest BCUT2D eigenvalue weighted by atomic mass is 10.0. The molecule has 0 unspecified atom stereocenters. The van der Waals surface area contributed by atoms with E-state index in [-0.39, 0.29) is 5.96 Å². The van der Waals surface area contributed by atoms with Gasteiger partial charge >= 0.3 is 0 Å². The number of fused-ring (bicyclic) bond motifs is 1. The van der Waals surface area contributed by atoms with Gasteiger partial charge in [0.1, 0.15) is 5.84 Å². The summed E-state index contributed by atoms with van der Waals surface area (Å²) in [4.78, 5) is 13.1. The third kappa shape index (κ3) is 4.94. The lowest BCUT2D eigenvalue weighted by Gasteiger charge is -2.06. The molecule has 0 saturated carbocycles. The Labute approximate surface area is 181 Å². The maximum atomic E-state index is 6.20. The summed E-state index contributed by atoms with van der Waals surface area (Å²) >= 11 is 0. The first-order valence-corrected chi connectivity index (χ1v) is 9.99. The summed E-state index contributed by atoms with van der Waals surface area (Å²) in [6, 6.07) is 26.3. The molecule has 6 nitrogen and oxygen atoms in total. The number of hydrogen-bond acceptors (Lipinski definition) is 3. The van der Waals surface area contributed by atoms with E-state index in [4.69, 9.17) is 11.6 Å². The molecule has 0 aliphatic carbocycles. The summed E-state index contributed by atoms with van der Waals surface area (Å²) in [7, 11) is 0. The lowest BCUT2D eigenvalue weighted by Crippen LogP contribution is -2.31. The second kappa shape index (κ2) is 9.19. The Morgan fingerprint density at radius 1 is 0.903 bits per heavy atom. The molecule has 0 fully saturated rings. The van der Waals surface area contributed by atoms with Crippen LogP contribution in [0.2, 0.25) is 0 Å². The number of pyridine rings is 1. The van der Waals surface area contributed by atoms with Crippen molar-refractivity contribution in [1.29, 1.82) is 0 Å². The molecule has 0 atom stereocenters. The molecular weight excluding hydrogens is 384 g/mol. The maximum Gasteiger partial charge on any atom is 0.234 e. The minimum Gasteiger partial charge on any atom is -0.383 e. The third-order valence-electron chi connectivity index (χ3n) is 5.00. The van der Waals surface area contributed by atoms with Crippen LogP contribution in [0.4, 0.5) is 0 Å². The number of nitrogens with zero attached hydrogens (tertiary/aromatic N) is 3. The SMILES string of the molecule is Cc1cc(-c2ccc(CN=C(N=C(N)c3ccc4ccccc4c3)NN)cc2)ccn1. The van der Waals surface area contributed by atoms with Crippen molar-refractivity contribution in [2.45, 2.75) is 13.5 Å². The first-order valence-electron chi connectivity index (χ1n) is 9.99. The van der Waals surface area contributed by atoms with Gasteiger partial charge < -0.3 is 5.73 Å². The first kappa shape index (κ1) is 20.3. The molecule has 0 amide bonds. The fourth-order valence-corrected chi connectivity index (χ4v) is 3.33. The van der Waals surface area contributed by atoms with E-state index in [0.29, 0.717) is 12.4 Å². The van der Waals surface area contributed by atoms with E-state index in [1.54, 1.807) is 0 Å². The van der Waals surface area contributed by atoms with Crippen molar-refractivity contribution in [3.05, 3.63) is 102 Å². The molecule has 5 N–H and O–H groups in total. The summed E-state index contributed by atoms with van der Waals surface area (Å²) < 4.78 is 0. The molecule has 0 aliphatic heterocycles. The molecular formula is C25H24N6. The zero-order chi connectivity index (χ0) is 21.6. The van der Waals surface area contributed by atoms with E-state index in [9.17, 15) is 0 Å². The molecule has 0 spiro atoms. The molecule has 0 radical (unpaired) electrons. The first-order chi connectivity index (χ1) is 15.1. The van der Waals surface area contributed by atoms with Gasteiger partial charge in [-0.2, -0.15) is 4.99 Å². The Hall–Kier alpha value is -4.03. The smallest absolute Gasteiger partial charge is 0.234 e. The molecule has 1 heterocycles. The molecule has 0 aliphatic rings. The number of guanidine groups is 1. The van der Waals surface area contributed by atoms with E-state index >= 15 is 0 Å². The monoisotopic (exact) mass is 408 g/mol. The molecule has 4 aromatic rings. The van der Waals surface area contributed by atoms with E-state index in [1.165, 1.54) is 0 Å². The summed E-state index contributed by atoms with van der Waals surface area (Å²) in [5, 5.41) is 2.25. The van der Waals surface area contributed by atoms with Gasteiger partial charge in [-0.1, -0.05) is 60.7 Å². The van der Waals surface area contributed by atoms with Crippen LogP contribution in [0.1, 0.15) is 16.8 Å². The van der Waals surface area contributed by atoms with Crippen molar-refractivity contribution in [1.82, 2.24) is 10.4 Å². The molecule has 0 bridgehead atoms.